The second-order valence-electron chi connectivity index (χ2n) is 8.02. The van der Waals surface area contributed by atoms with E-state index in [1.54, 1.807) is 56.7 Å². The maximum Gasteiger partial charge on any atom is 0.261 e. The zero-order chi connectivity index (χ0) is 24.7. The smallest absolute Gasteiger partial charge is 0.261 e. The average molecular weight is 483 g/mol. The number of sulfonamides is 1. The fourth-order valence-corrected chi connectivity index (χ4v) is 4.51. The van der Waals surface area contributed by atoms with Gasteiger partial charge in [0.15, 0.2) is 11.5 Å². The molecule has 0 aliphatic carbocycles. The van der Waals surface area contributed by atoms with E-state index in [4.69, 9.17) is 9.47 Å². The van der Waals surface area contributed by atoms with Crippen molar-refractivity contribution in [1.82, 2.24) is 5.32 Å². The van der Waals surface area contributed by atoms with Crippen LogP contribution in [-0.4, -0.2) is 28.5 Å². The van der Waals surface area contributed by atoms with Gasteiger partial charge in [0.25, 0.3) is 10.0 Å². The van der Waals surface area contributed by atoms with E-state index in [0.717, 1.165) is 16.7 Å². The van der Waals surface area contributed by atoms with Gasteiger partial charge in [-0.15, -0.1) is 0 Å². The Balaban J connectivity index is 1.55. The molecule has 0 aliphatic heterocycles. The Labute approximate surface area is 201 Å². The van der Waals surface area contributed by atoms with Crippen LogP contribution in [0.5, 0.6) is 11.5 Å². The summed E-state index contributed by atoms with van der Waals surface area (Å²) in [6, 6.07) is 19.0. The Morgan fingerprint density at radius 1 is 0.912 bits per heavy atom. The number of ether oxygens (including phenoxy) is 2. The fourth-order valence-electron chi connectivity index (χ4n) is 3.45. The molecule has 0 aliphatic rings. The number of carbonyl (C=O) groups excluding carboxylic acids is 1. The maximum atomic E-state index is 12.6. The lowest BCUT2D eigenvalue weighted by molar-refractivity contribution is -0.121. The summed E-state index contributed by atoms with van der Waals surface area (Å²) in [5.41, 5.74) is 3.34. The summed E-state index contributed by atoms with van der Waals surface area (Å²) in [5, 5.41) is 2.98. The molecule has 3 aromatic carbocycles. The van der Waals surface area contributed by atoms with E-state index in [-0.39, 0.29) is 23.3 Å². The van der Waals surface area contributed by atoms with Crippen LogP contribution in [-0.2, 0) is 21.2 Å². The first-order valence-corrected chi connectivity index (χ1v) is 12.4. The lowest BCUT2D eigenvalue weighted by atomic mass is 10.1. The third-order valence-corrected chi connectivity index (χ3v) is 6.86. The van der Waals surface area contributed by atoms with E-state index >= 15 is 0 Å². The van der Waals surface area contributed by atoms with Gasteiger partial charge in [-0.05, 0) is 67.8 Å². The SMILES string of the molecule is COc1ccc(C(C)NC(=O)CCc2ccc(S(=O)(=O)Nc3ccc(C)cc3)cc2)cc1OC. The number of anilines is 1. The van der Waals surface area contributed by atoms with Crippen molar-refractivity contribution in [2.45, 2.75) is 37.6 Å². The summed E-state index contributed by atoms with van der Waals surface area (Å²) in [7, 11) is -0.536. The van der Waals surface area contributed by atoms with Crippen molar-refractivity contribution >= 4 is 21.6 Å². The van der Waals surface area contributed by atoms with Gasteiger partial charge in [0.05, 0.1) is 25.2 Å². The van der Waals surface area contributed by atoms with Crippen LogP contribution in [0.4, 0.5) is 5.69 Å². The number of rotatable bonds is 10. The molecule has 0 saturated carbocycles. The highest BCUT2D eigenvalue weighted by atomic mass is 32.2. The standard InChI is InChI=1S/C26H30N2O5S/c1-18-5-11-22(12-6-18)28-34(30,31)23-13-7-20(8-14-23)9-16-26(29)27-19(2)21-10-15-24(32-3)25(17-21)33-4/h5-8,10-15,17,19,28H,9,16H2,1-4H3,(H,27,29). The largest absolute Gasteiger partial charge is 0.493 e. The zero-order valence-electron chi connectivity index (χ0n) is 19.8. The number of carbonyl (C=O) groups is 1. The Kier molecular flexibility index (Phi) is 8.17. The molecule has 2 N–H and O–H groups in total. The molecular formula is C26H30N2O5S. The van der Waals surface area contributed by atoms with Gasteiger partial charge in [0.1, 0.15) is 0 Å². The van der Waals surface area contributed by atoms with Crippen LogP contribution in [0.15, 0.2) is 71.6 Å². The molecule has 0 fully saturated rings. The first-order valence-electron chi connectivity index (χ1n) is 10.9. The monoisotopic (exact) mass is 482 g/mol. The van der Waals surface area contributed by atoms with Crippen molar-refractivity contribution < 1.29 is 22.7 Å². The molecule has 7 nitrogen and oxygen atoms in total. The molecule has 180 valence electrons. The number of nitrogens with one attached hydrogen (secondary N) is 2. The minimum Gasteiger partial charge on any atom is -0.493 e. The summed E-state index contributed by atoms with van der Waals surface area (Å²) in [5.74, 6) is 1.14. The molecule has 1 atom stereocenters. The van der Waals surface area contributed by atoms with Crippen LogP contribution in [0.1, 0.15) is 36.1 Å². The third-order valence-electron chi connectivity index (χ3n) is 5.46. The van der Waals surface area contributed by atoms with Crippen molar-refractivity contribution in [2.75, 3.05) is 18.9 Å². The van der Waals surface area contributed by atoms with Gasteiger partial charge in [-0.25, -0.2) is 8.42 Å². The van der Waals surface area contributed by atoms with Gasteiger partial charge >= 0.3 is 0 Å². The summed E-state index contributed by atoms with van der Waals surface area (Å²) < 4.78 is 38.4. The van der Waals surface area contributed by atoms with Crippen molar-refractivity contribution in [3.05, 3.63) is 83.4 Å². The Morgan fingerprint density at radius 3 is 2.18 bits per heavy atom. The van der Waals surface area contributed by atoms with Gasteiger partial charge in [-0.2, -0.15) is 0 Å². The minimum atomic E-state index is -3.68. The molecule has 0 bridgehead atoms. The summed E-state index contributed by atoms with van der Waals surface area (Å²) in [4.78, 5) is 12.6. The summed E-state index contributed by atoms with van der Waals surface area (Å²) in [6.45, 7) is 3.84. The molecule has 0 radical (unpaired) electrons. The second-order valence-corrected chi connectivity index (χ2v) is 9.70. The average Bonchev–Trinajstić information content (AvgIpc) is 2.83. The van der Waals surface area contributed by atoms with Gasteiger partial charge in [-0.3, -0.25) is 9.52 Å². The van der Waals surface area contributed by atoms with E-state index in [1.165, 1.54) is 0 Å². The topological polar surface area (TPSA) is 93.7 Å². The molecule has 1 unspecified atom stereocenters. The first-order chi connectivity index (χ1) is 16.2. The predicted octanol–water partition coefficient (Wildman–Crippen LogP) is 4.62. The van der Waals surface area contributed by atoms with Gasteiger partial charge < -0.3 is 14.8 Å². The zero-order valence-corrected chi connectivity index (χ0v) is 20.6. The molecular weight excluding hydrogens is 452 g/mol. The van der Waals surface area contributed by atoms with Gasteiger partial charge in [0, 0.05) is 12.1 Å². The molecule has 34 heavy (non-hydrogen) atoms. The van der Waals surface area contributed by atoms with Crippen molar-refractivity contribution in [3.63, 3.8) is 0 Å². The Morgan fingerprint density at radius 2 is 1.56 bits per heavy atom. The quantitative estimate of drug-likeness (QED) is 0.440. The summed E-state index contributed by atoms with van der Waals surface area (Å²) >= 11 is 0. The molecule has 1 amide bonds. The lowest BCUT2D eigenvalue weighted by Gasteiger charge is -2.16. The van der Waals surface area contributed by atoms with E-state index in [2.05, 4.69) is 10.0 Å². The Bertz CT molecular complexity index is 1220. The van der Waals surface area contributed by atoms with Crippen molar-refractivity contribution in [2.24, 2.45) is 0 Å². The normalized spacial score (nSPS) is 12.0. The highest BCUT2D eigenvalue weighted by Crippen LogP contribution is 2.30. The van der Waals surface area contributed by atoms with Gasteiger partial charge in [-0.1, -0.05) is 35.9 Å². The van der Waals surface area contributed by atoms with Crippen LogP contribution >= 0.6 is 0 Å². The molecule has 0 aromatic heterocycles. The molecule has 0 heterocycles. The maximum absolute atomic E-state index is 12.6. The second kappa shape index (κ2) is 11.1. The number of benzene rings is 3. The number of amides is 1. The number of methoxy groups -OCH3 is 2. The van der Waals surface area contributed by atoms with E-state index in [1.807, 2.05) is 38.1 Å². The van der Waals surface area contributed by atoms with Gasteiger partial charge in [0.2, 0.25) is 5.91 Å². The third kappa shape index (κ3) is 6.51. The minimum absolute atomic E-state index is 0.0972. The number of hydrogen-bond acceptors (Lipinski definition) is 5. The summed E-state index contributed by atoms with van der Waals surface area (Å²) in [6.07, 6.45) is 0.779. The number of aryl methyl sites for hydroxylation is 2. The van der Waals surface area contributed by atoms with E-state index in [0.29, 0.717) is 23.6 Å². The highest BCUT2D eigenvalue weighted by molar-refractivity contribution is 7.92. The van der Waals surface area contributed by atoms with Crippen molar-refractivity contribution in [1.29, 1.82) is 0 Å². The molecule has 0 spiro atoms. The lowest BCUT2D eigenvalue weighted by Crippen LogP contribution is -2.26. The molecule has 8 heteroatoms. The Hall–Kier alpha value is -3.52. The molecule has 3 rings (SSSR count). The van der Waals surface area contributed by atoms with Crippen LogP contribution in [0, 0.1) is 6.92 Å². The number of hydrogen-bond donors (Lipinski definition) is 2. The van der Waals surface area contributed by atoms with E-state index < -0.39 is 10.0 Å². The van der Waals surface area contributed by atoms with E-state index in [9.17, 15) is 13.2 Å². The highest BCUT2D eigenvalue weighted by Gasteiger charge is 2.15. The van der Waals surface area contributed by atoms with Crippen molar-refractivity contribution in [3.8, 4) is 11.5 Å². The van der Waals surface area contributed by atoms with Crippen LogP contribution in [0.25, 0.3) is 0 Å². The fraction of sp³-hybridized carbons (Fsp3) is 0.269. The molecule has 3 aromatic rings. The van der Waals surface area contributed by atoms with Crippen LogP contribution < -0.4 is 19.5 Å². The predicted molar refractivity (Wildman–Crippen MR) is 133 cm³/mol. The van der Waals surface area contributed by atoms with Crippen LogP contribution in [0.3, 0.4) is 0 Å². The molecule has 0 saturated heterocycles. The first kappa shape index (κ1) is 25.1. The van der Waals surface area contributed by atoms with Crippen LogP contribution in [0.2, 0.25) is 0 Å².